The molecule has 1 aliphatic heterocycles. The predicted molar refractivity (Wildman–Crippen MR) is 63.3 cm³/mol. The molecule has 2 rings (SSSR count). The number of hydrogen-bond donors (Lipinski definition) is 0. The quantitative estimate of drug-likeness (QED) is 0.581. The zero-order chi connectivity index (χ0) is 16.9. The lowest BCUT2D eigenvalue weighted by atomic mass is 9.98. The SMILES string of the molecule is COC(=O)c1cc2c(cc1C(F)(F)F)S(=O)(=O)CCC2(F)F. The Kier molecular flexibility index (Phi) is 3.71. The van der Waals surface area contributed by atoms with Crippen molar-refractivity contribution >= 4 is 15.8 Å². The summed E-state index contributed by atoms with van der Waals surface area (Å²) < 4.78 is 94.2. The van der Waals surface area contributed by atoms with Gasteiger partial charge in [0.15, 0.2) is 9.84 Å². The minimum Gasteiger partial charge on any atom is -0.465 e. The number of methoxy groups -OCH3 is 1. The second kappa shape index (κ2) is 4.90. The van der Waals surface area contributed by atoms with Gasteiger partial charge in [-0.3, -0.25) is 0 Å². The van der Waals surface area contributed by atoms with E-state index >= 15 is 0 Å². The highest BCUT2D eigenvalue weighted by Crippen LogP contribution is 2.44. The second-order valence-electron chi connectivity index (χ2n) is 4.66. The Labute approximate surface area is 121 Å². The van der Waals surface area contributed by atoms with Gasteiger partial charge in [0.2, 0.25) is 0 Å². The molecular weight excluding hydrogens is 335 g/mol. The Balaban J connectivity index is 2.87. The van der Waals surface area contributed by atoms with Gasteiger partial charge in [0.25, 0.3) is 5.92 Å². The summed E-state index contributed by atoms with van der Waals surface area (Å²) >= 11 is 0. The highest BCUT2D eigenvalue weighted by molar-refractivity contribution is 7.91. The second-order valence-corrected chi connectivity index (χ2v) is 6.73. The Morgan fingerprint density at radius 1 is 1.27 bits per heavy atom. The van der Waals surface area contributed by atoms with Gasteiger partial charge in [-0.1, -0.05) is 0 Å². The van der Waals surface area contributed by atoms with Gasteiger partial charge in [-0.05, 0) is 12.1 Å². The molecule has 0 saturated heterocycles. The topological polar surface area (TPSA) is 60.4 Å². The number of rotatable bonds is 1. The van der Waals surface area contributed by atoms with E-state index in [1.54, 1.807) is 0 Å². The number of esters is 1. The molecule has 0 spiro atoms. The zero-order valence-corrected chi connectivity index (χ0v) is 11.8. The highest BCUT2D eigenvalue weighted by atomic mass is 32.2. The number of sulfone groups is 1. The summed E-state index contributed by atoms with van der Waals surface area (Å²) in [6.45, 7) is 0. The molecule has 122 valence electrons. The molecule has 1 aromatic carbocycles. The molecule has 4 nitrogen and oxygen atoms in total. The fraction of sp³-hybridized carbons (Fsp3) is 0.417. The van der Waals surface area contributed by atoms with Crippen molar-refractivity contribution in [3.8, 4) is 0 Å². The maximum Gasteiger partial charge on any atom is 0.417 e. The van der Waals surface area contributed by atoms with E-state index in [0.717, 1.165) is 7.11 Å². The molecular formula is C12H9F5O4S. The predicted octanol–water partition coefficient (Wildman–Crippen LogP) is 2.76. The summed E-state index contributed by atoms with van der Waals surface area (Å²) in [5.74, 6) is -6.09. The molecule has 1 aliphatic rings. The van der Waals surface area contributed by atoms with Crippen molar-refractivity contribution < 1.29 is 39.9 Å². The molecule has 0 fully saturated rings. The lowest BCUT2D eigenvalue weighted by Gasteiger charge is -2.26. The van der Waals surface area contributed by atoms with Gasteiger partial charge in [0, 0.05) is 12.0 Å². The summed E-state index contributed by atoms with van der Waals surface area (Å²) in [5.41, 5.74) is -3.89. The molecule has 0 radical (unpaired) electrons. The van der Waals surface area contributed by atoms with Crippen LogP contribution in [0.5, 0.6) is 0 Å². The summed E-state index contributed by atoms with van der Waals surface area (Å²) in [5, 5.41) is 0. The lowest BCUT2D eigenvalue weighted by Crippen LogP contribution is -2.30. The van der Waals surface area contributed by atoms with Crippen LogP contribution in [0.15, 0.2) is 17.0 Å². The first-order chi connectivity index (χ1) is 9.90. The molecule has 22 heavy (non-hydrogen) atoms. The maximum absolute atomic E-state index is 13.8. The van der Waals surface area contributed by atoms with Crippen molar-refractivity contribution in [2.75, 3.05) is 12.9 Å². The molecule has 10 heteroatoms. The van der Waals surface area contributed by atoms with E-state index < -0.39 is 61.7 Å². The number of ether oxygens (including phenoxy) is 1. The van der Waals surface area contributed by atoms with E-state index in [1.165, 1.54) is 0 Å². The number of carbonyl (C=O) groups is 1. The fourth-order valence-corrected chi connectivity index (χ4v) is 3.73. The number of carbonyl (C=O) groups excluding carboxylic acids is 1. The van der Waals surface area contributed by atoms with Crippen LogP contribution < -0.4 is 0 Å². The normalized spacial score (nSPS) is 19.4. The largest absolute Gasteiger partial charge is 0.465 e. The Hall–Kier alpha value is -1.71. The van der Waals surface area contributed by atoms with Crippen LogP contribution in [0.1, 0.15) is 27.9 Å². The standard InChI is InChI=1S/C12H9F5O4S/c1-21-10(18)6-4-8-9(5-7(6)12(15,16)17)22(19,20)3-2-11(8,13)14/h4-5H,2-3H2,1H3. The Morgan fingerprint density at radius 3 is 2.36 bits per heavy atom. The molecule has 0 unspecified atom stereocenters. The molecule has 0 N–H and O–H groups in total. The third-order valence-electron chi connectivity index (χ3n) is 3.24. The molecule has 1 aromatic rings. The Bertz CT molecular complexity index is 737. The van der Waals surface area contributed by atoms with E-state index in [0.29, 0.717) is 0 Å². The smallest absolute Gasteiger partial charge is 0.417 e. The van der Waals surface area contributed by atoms with Crippen molar-refractivity contribution in [1.82, 2.24) is 0 Å². The third kappa shape index (κ3) is 2.67. The number of halogens is 5. The van der Waals surface area contributed by atoms with Gasteiger partial charge in [-0.2, -0.15) is 13.2 Å². The van der Waals surface area contributed by atoms with Crippen LogP contribution in [-0.2, 0) is 26.7 Å². The van der Waals surface area contributed by atoms with Gasteiger partial charge >= 0.3 is 12.1 Å². The summed E-state index contributed by atoms with van der Waals surface area (Å²) in [6, 6.07) is 0.324. The number of fused-ring (bicyclic) bond motifs is 1. The van der Waals surface area contributed by atoms with Crippen molar-refractivity contribution in [3.05, 3.63) is 28.8 Å². The van der Waals surface area contributed by atoms with Crippen LogP contribution in [-0.4, -0.2) is 27.2 Å². The van der Waals surface area contributed by atoms with Gasteiger partial charge in [-0.15, -0.1) is 0 Å². The molecule has 0 saturated carbocycles. The molecule has 0 amide bonds. The summed E-state index contributed by atoms with van der Waals surface area (Å²) in [7, 11) is -3.49. The van der Waals surface area contributed by atoms with Crippen LogP contribution in [0, 0.1) is 0 Å². The minimum atomic E-state index is -5.10. The van der Waals surface area contributed by atoms with Crippen LogP contribution in [0.4, 0.5) is 22.0 Å². The van der Waals surface area contributed by atoms with Crippen LogP contribution >= 0.6 is 0 Å². The van der Waals surface area contributed by atoms with Crippen molar-refractivity contribution in [3.63, 3.8) is 0 Å². The number of hydrogen-bond acceptors (Lipinski definition) is 4. The molecule has 1 heterocycles. The molecule has 0 aromatic heterocycles. The van der Waals surface area contributed by atoms with Gasteiger partial charge < -0.3 is 4.74 Å². The molecule has 0 aliphatic carbocycles. The van der Waals surface area contributed by atoms with Crippen LogP contribution in [0.3, 0.4) is 0 Å². The van der Waals surface area contributed by atoms with Crippen LogP contribution in [0.25, 0.3) is 0 Å². The van der Waals surface area contributed by atoms with Gasteiger partial charge in [0.05, 0.1) is 28.9 Å². The van der Waals surface area contributed by atoms with E-state index in [-0.39, 0.29) is 12.1 Å². The zero-order valence-electron chi connectivity index (χ0n) is 11.0. The monoisotopic (exact) mass is 344 g/mol. The average molecular weight is 344 g/mol. The molecule has 0 atom stereocenters. The average Bonchev–Trinajstić information content (AvgIpc) is 2.41. The third-order valence-corrected chi connectivity index (χ3v) is 4.99. The Morgan fingerprint density at radius 2 is 1.86 bits per heavy atom. The first-order valence-corrected chi connectivity index (χ1v) is 7.50. The van der Waals surface area contributed by atoms with Crippen molar-refractivity contribution in [2.24, 2.45) is 0 Å². The summed E-state index contributed by atoms with van der Waals surface area (Å²) in [6.07, 6.45) is -6.16. The first-order valence-electron chi connectivity index (χ1n) is 5.85. The summed E-state index contributed by atoms with van der Waals surface area (Å²) in [4.78, 5) is 10.3. The van der Waals surface area contributed by atoms with E-state index in [4.69, 9.17) is 0 Å². The van der Waals surface area contributed by atoms with E-state index in [2.05, 4.69) is 4.74 Å². The van der Waals surface area contributed by atoms with Gasteiger partial charge in [0.1, 0.15) is 0 Å². The number of benzene rings is 1. The molecule has 0 bridgehead atoms. The van der Waals surface area contributed by atoms with Crippen molar-refractivity contribution in [2.45, 2.75) is 23.4 Å². The van der Waals surface area contributed by atoms with Gasteiger partial charge in [-0.25, -0.2) is 22.0 Å². The number of alkyl halides is 5. The highest BCUT2D eigenvalue weighted by Gasteiger charge is 2.46. The van der Waals surface area contributed by atoms with Crippen LogP contribution in [0.2, 0.25) is 0 Å². The fourth-order valence-electron chi connectivity index (χ4n) is 2.14. The van der Waals surface area contributed by atoms with Crippen molar-refractivity contribution in [1.29, 1.82) is 0 Å². The lowest BCUT2D eigenvalue weighted by molar-refractivity contribution is -0.138. The first kappa shape index (κ1) is 16.7. The van der Waals surface area contributed by atoms with E-state index in [1.807, 2.05) is 0 Å². The maximum atomic E-state index is 13.8. The van der Waals surface area contributed by atoms with E-state index in [9.17, 15) is 35.2 Å². The minimum absolute atomic E-state index is 0.0734.